The molecule has 1 unspecified atom stereocenters. The molecule has 1 aliphatic heterocycles. The standard InChI is InChI=1S/C15H20BrNO/c16-14-9-12(15-10-17-7-8-18-15)5-6-13(14)11-3-1-2-4-11/h5-6,9,11,15,17H,1-4,7-8,10H2. The van der Waals surface area contributed by atoms with Crippen LogP contribution in [0.15, 0.2) is 22.7 Å². The van der Waals surface area contributed by atoms with E-state index < -0.39 is 0 Å². The van der Waals surface area contributed by atoms with Gasteiger partial charge >= 0.3 is 0 Å². The number of benzene rings is 1. The van der Waals surface area contributed by atoms with Crippen LogP contribution in [0.5, 0.6) is 0 Å². The van der Waals surface area contributed by atoms with Crippen LogP contribution in [0.25, 0.3) is 0 Å². The fourth-order valence-electron chi connectivity index (χ4n) is 3.09. The van der Waals surface area contributed by atoms with Gasteiger partial charge in [0.05, 0.1) is 12.7 Å². The van der Waals surface area contributed by atoms with Gasteiger partial charge in [-0.15, -0.1) is 0 Å². The molecule has 2 fully saturated rings. The first kappa shape index (κ1) is 12.6. The summed E-state index contributed by atoms with van der Waals surface area (Å²) >= 11 is 3.75. The van der Waals surface area contributed by atoms with E-state index in [4.69, 9.17) is 4.74 Å². The molecule has 1 N–H and O–H groups in total. The molecular formula is C15H20BrNO. The average Bonchev–Trinajstić information content (AvgIpc) is 2.93. The highest BCUT2D eigenvalue weighted by molar-refractivity contribution is 9.10. The largest absolute Gasteiger partial charge is 0.371 e. The van der Waals surface area contributed by atoms with Crippen LogP contribution < -0.4 is 5.32 Å². The zero-order valence-electron chi connectivity index (χ0n) is 10.6. The van der Waals surface area contributed by atoms with E-state index in [0.29, 0.717) is 0 Å². The third-order valence-electron chi connectivity index (χ3n) is 4.12. The Bertz CT molecular complexity index is 409. The molecular weight excluding hydrogens is 290 g/mol. The molecule has 1 aromatic carbocycles. The van der Waals surface area contributed by atoms with E-state index in [1.165, 1.54) is 41.3 Å². The molecule has 0 amide bonds. The number of hydrogen-bond donors (Lipinski definition) is 1. The Labute approximate surface area is 117 Å². The summed E-state index contributed by atoms with van der Waals surface area (Å²) in [7, 11) is 0. The molecule has 3 rings (SSSR count). The van der Waals surface area contributed by atoms with Gasteiger partial charge in [-0.05, 0) is 36.0 Å². The Kier molecular flexibility index (Phi) is 4.02. The maximum Gasteiger partial charge on any atom is 0.0950 e. The van der Waals surface area contributed by atoms with Crippen LogP contribution in [0.1, 0.15) is 48.8 Å². The Morgan fingerprint density at radius 3 is 2.72 bits per heavy atom. The molecule has 0 aromatic heterocycles. The van der Waals surface area contributed by atoms with Gasteiger partial charge in [-0.3, -0.25) is 0 Å². The topological polar surface area (TPSA) is 21.3 Å². The zero-order valence-corrected chi connectivity index (χ0v) is 12.2. The molecule has 1 heterocycles. The van der Waals surface area contributed by atoms with Gasteiger partial charge in [-0.1, -0.05) is 40.9 Å². The molecule has 1 aliphatic carbocycles. The molecule has 3 heteroatoms. The van der Waals surface area contributed by atoms with Crippen molar-refractivity contribution in [3.63, 3.8) is 0 Å². The number of nitrogens with one attached hydrogen (secondary N) is 1. The number of rotatable bonds is 2. The second-order valence-electron chi connectivity index (χ2n) is 5.33. The van der Waals surface area contributed by atoms with Crippen molar-refractivity contribution in [2.75, 3.05) is 19.7 Å². The SMILES string of the molecule is Brc1cc(C2CNCCO2)ccc1C1CCCC1. The summed E-state index contributed by atoms with van der Waals surface area (Å²) in [5.41, 5.74) is 2.77. The van der Waals surface area contributed by atoms with Gasteiger partial charge in [-0.25, -0.2) is 0 Å². The molecule has 1 aromatic rings. The normalized spacial score (nSPS) is 25.5. The molecule has 98 valence electrons. The fraction of sp³-hybridized carbons (Fsp3) is 0.600. The number of ether oxygens (including phenoxy) is 1. The maximum atomic E-state index is 5.80. The summed E-state index contributed by atoms with van der Waals surface area (Å²) in [5, 5.41) is 3.38. The minimum absolute atomic E-state index is 0.215. The first-order valence-corrected chi connectivity index (χ1v) is 7.75. The summed E-state index contributed by atoms with van der Waals surface area (Å²) in [5.74, 6) is 0.763. The van der Waals surface area contributed by atoms with Gasteiger partial charge in [-0.2, -0.15) is 0 Å². The van der Waals surface area contributed by atoms with Crippen molar-refractivity contribution in [2.45, 2.75) is 37.7 Å². The van der Waals surface area contributed by atoms with Crippen LogP contribution in [-0.2, 0) is 4.74 Å². The smallest absolute Gasteiger partial charge is 0.0950 e. The minimum atomic E-state index is 0.215. The highest BCUT2D eigenvalue weighted by Gasteiger charge is 2.21. The summed E-state index contributed by atoms with van der Waals surface area (Å²) in [4.78, 5) is 0. The quantitative estimate of drug-likeness (QED) is 0.898. The third kappa shape index (κ3) is 2.63. The summed E-state index contributed by atoms with van der Waals surface area (Å²) in [6.45, 7) is 2.71. The number of morpholine rings is 1. The highest BCUT2D eigenvalue weighted by Crippen LogP contribution is 2.38. The van der Waals surface area contributed by atoms with Crippen LogP contribution in [-0.4, -0.2) is 19.7 Å². The zero-order chi connectivity index (χ0) is 12.4. The highest BCUT2D eigenvalue weighted by atomic mass is 79.9. The third-order valence-corrected chi connectivity index (χ3v) is 4.81. The van der Waals surface area contributed by atoms with Gasteiger partial charge < -0.3 is 10.1 Å². The van der Waals surface area contributed by atoms with Crippen molar-refractivity contribution in [3.05, 3.63) is 33.8 Å². The van der Waals surface area contributed by atoms with Crippen molar-refractivity contribution >= 4 is 15.9 Å². The Morgan fingerprint density at radius 2 is 2.06 bits per heavy atom. The Morgan fingerprint density at radius 1 is 1.22 bits per heavy atom. The van der Waals surface area contributed by atoms with E-state index in [2.05, 4.69) is 39.4 Å². The Balaban J connectivity index is 1.79. The van der Waals surface area contributed by atoms with Crippen molar-refractivity contribution in [1.82, 2.24) is 5.32 Å². The molecule has 0 radical (unpaired) electrons. The van der Waals surface area contributed by atoms with Crippen molar-refractivity contribution in [2.24, 2.45) is 0 Å². The predicted molar refractivity (Wildman–Crippen MR) is 76.9 cm³/mol. The van der Waals surface area contributed by atoms with Crippen LogP contribution in [0.3, 0.4) is 0 Å². The van der Waals surface area contributed by atoms with E-state index in [-0.39, 0.29) is 6.10 Å². The van der Waals surface area contributed by atoms with Crippen LogP contribution in [0.2, 0.25) is 0 Å². The monoisotopic (exact) mass is 309 g/mol. The van der Waals surface area contributed by atoms with Gasteiger partial charge in [0.25, 0.3) is 0 Å². The summed E-state index contributed by atoms with van der Waals surface area (Å²) in [6, 6.07) is 6.80. The first-order chi connectivity index (χ1) is 8.84. The summed E-state index contributed by atoms with van der Waals surface area (Å²) < 4.78 is 7.07. The van der Waals surface area contributed by atoms with E-state index in [9.17, 15) is 0 Å². The van der Waals surface area contributed by atoms with Crippen LogP contribution >= 0.6 is 15.9 Å². The predicted octanol–water partition coefficient (Wildman–Crippen LogP) is 3.77. The molecule has 0 spiro atoms. The van der Waals surface area contributed by atoms with Crippen LogP contribution in [0, 0.1) is 0 Å². The average molecular weight is 310 g/mol. The molecule has 2 nitrogen and oxygen atoms in total. The lowest BCUT2D eigenvalue weighted by molar-refractivity contribution is 0.0276. The molecule has 18 heavy (non-hydrogen) atoms. The molecule has 2 aliphatic rings. The Hall–Kier alpha value is -0.380. The van der Waals surface area contributed by atoms with E-state index in [1.807, 2.05) is 0 Å². The molecule has 1 saturated carbocycles. The van der Waals surface area contributed by atoms with E-state index in [1.54, 1.807) is 0 Å². The van der Waals surface area contributed by atoms with Gasteiger partial charge in [0, 0.05) is 17.6 Å². The lowest BCUT2D eigenvalue weighted by atomic mass is 9.95. The van der Waals surface area contributed by atoms with Crippen molar-refractivity contribution in [1.29, 1.82) is 0 Å². The number of hydrogen-bond acceptors (Lipinski definition) is 2. The summed E-state index contributed by atoms with van der Waals surface area (Å²) in [6.07, 6.45) is 5.68. The lowest BCUT2D eigenvalue weighted by Crippen LogP contribution is -2.33. The van der Waals surface area contributed by atoms with E-state index >= 15 is 0 Å². The van der Waals surface area contributed by atoms with Crippen molar-refractivity contribution < 1.29 is 4.74 Å². The van der Waals surface area contributed by atoms with Gasteiger partial charge in [0.15, 0.2) is 0 Å². The van der Waals surface area contributed by atoms with Gasteiger partial charge in [0.1, 0.15) is 0 Å². The first-order valence-electron chi connectivity index (χ1n) is 6.96. The second kappa shape index (κ2) is 5.72. The molecule has 1 atom stereocenters. The molecule has 0 bridgehead atoms. The lowest BCUT2D eigenvalue weighted by Gasteiger charge is -2.25. The second-order valence-corrected chi connectivity index (χ2v) is 6.18. The van der Waals surface area contributed by atoms with Crippen molar-refractivity contribution in [3.8, 4) is 0 Å². The minimum Gasteiger partial charge on any atom is -0.371 e. The van der Waals surface area contributed by atoms with Gasteiger partial charge in [0.2, 0.25) is 0 Å². The fourth-order valence-corrected chi connectivity index (χ4v) is 3.81. The van der Waals surface area contributed by atoms with Crippen LogP contribution in [0.4, 0.5) is 0 Å². The maximum absolute atomic E-state index is 5.80. The molecule has 1 saturated heterocycles. The van der Waals surface area contributed by atoms with E-state index in [0.717, 1.165) is 25.6 Å². The number of halogens is 1.